The number of ether oxygens (including phenoxy) is 3. The molecule has 8 nitrogen and oxygen atoms in total. The Hall–Kier alpha value is -3.10. The third kappa shape index (κ3) is 4.28. The maximum absolute atomic E-state index is 6.32. The molecule has 1 aromatic heterocycles. The molecule has 2 N–H and O–H groups in total. The molecule has 0 saturated carbocycles. The van der Waals surface area contributed by atoms with E-state index in [1.807, 2.05) is 6.07 Å². The van der Waals surface area contributed by atoms with E-state index in [4.69, 9.17) is 24.9 Å². The standard InChI is InChI=1S/C25H31N5O3/c1-29-13-19(32-3)11-17(29)15-33-25-27-22-14-30(9-8-21(22)24(26)28-25)23-12-18(31-2)10-16-6-4-5-7-20(16)23/h4-7,10,12,17,19H,8-9,11,13-15H2,1-3H3,(H2,26,27,28)/t17-,19+/m0/s1. The molecule has 0 spiro atoms. The van der Waals surface area contributed by atoms with Gasteiger partial charge in [0, 0.05) is 48.9 Å². The highest BCUT2D eigenvalue weighted by atomic mass is 16.5. The lowest BCUT2D eigenvalue weighted by atomic mass is 10.0. The highest BCUT2D eigenvalue weighted by Gasteiger charge is 2.30. The average molecular weight is 450 g/mol. The lowest BCUT2D eigenvalue weighted by Gasteiger charge is -2.31. The lowest BCUT2D eigenvalue weighted by molar-refractivity contribution is 0.111. The van der Waals surface area contributed by atoms with Crippen LogP contribution in [0.2, 0.25) is 0 Å². The monoisotopic (exact) mass is 449 g/mol. The fourth-order valence-corrected chi connectivity index (χ4v) is 4.91. The first-order valence-electron chi connectivity index (χ1n) is 11.4. The second-order valence-corrected chi connectivity index (χ2v) is 8.85. The van der Waals surface area contributed by atoms with E-state index in [9.17, 15) is 0 Å². The van der Waals surface area contributed by atoms with Crippen molar-refractivity contribution in [2.75, 3.05) is 51.6 Å². The molecule has 33 heavy (non-hydrogen) atoms. The van der Waals surface area contributed by atoms with Crippen molar-refractivity contribution in [3.8, 4) is 11.8 Å². The summed E-state index contributed by atoms with van der Waals surface area (Å²) < 4.78 is 17.1. The highest BCUT2D eigenvalue weighted by Crippen LogP contribution is 2.35. The van der Waals surface area contributed by atoms with Crippen LogP contribution in [-0.4, -0.2) is 68.0 Å². The molecule has 2 aliphatic rings. The molecule has 2 aromatic carbocycles. The van der Waals surface area contributed by atoms with Crippen LogP contribution in [0, 0.1) is 0 Å². The Kier molecular flexibility index (Phi) is 5.95. The number of likely N-dealkylation sites (tertiary alicyclic amines) is 1. The second-order valence-electron chi connectivity index (χ2n) is 8.85. The van der Waals surface area contributed by atoms with Crippen molar-refractivity contribution in [1.29, 1.82) is 0 Å². The van der Waals surface area contributed by atoms with Crippen molar-refractivity contribution in [2.24, 2.45) is 0 Å². The minimum Gasteiger partial charge on any atom is -0.497 e. The summed E-state index contributed by atoms with van der Waals surface area (Å²) >= 11 is 0. The largest absolute Gasteiger partial charge is 0.497 e. The van der Waals surface area contributed by atoms with Crippen molar-refractivity contribution < 1.29 is 14.2 Å². The third-order valence-corrected chi connectivity index (χ3v) is 6.85. The molecule has 0 radical (unpaired) electrons. The third-order valence-electron chi connectivity index (χ3n) is 6.85. The minimum atomic E-state index is 0.240. The van der Waals surface area contributed by atoms with Gasteiger partial charge in [-0.15, -0.1) is 0 Å². The van der Waals surface area contributed by atoms with Crippen LogP contribution in [-0.2, 0) is 17.7 Å². The van der Waals surface area contributed by atoms with E-state index in [0.717, 1.165) is 54.0 Å². The highest BCUT2D eigenvalue weighted by molar-refractivity contribution is 5.95. The summed E-state index contributed by atoms with van der Waals surface area (Å²) in [7, 11) is 5.55. The van der Waals surface area contributed by atoms with Gasteiger partial charge in [0.2, 0.25) is 0 Å². The number of nitrogen functional groups attached to an aromatic ring is 1. The Labute approximate surface area is 194 Å². The van der Waals surface area contributed by atoms with Crippen LogP contribution in [0.15, 0.2) is 36.4 Å². The maximum atomic E-state index is 6.32. The van der Waals surface area contributed by atoms with Gasteiger partial charge >= 0.3 is 6.01 Å². The number of methoxy groups -OCH3 is 2. The predicted molar refractivity (Wildman–Crippen MR) is 129 cm³/mol. The van der Waals surface area contributed by atoms with Crippen LogP contribution in [0.4, 0.5) is 11.5 Å². The Morgan fingerprint density at radius 2 is 2.00 bits per heavy atom. The SMILES string of the molecule is COc1cc(N2CCc3c(N)nc(OC[C@@H]4C[C@@H](OC)CN4C)nc3C2)c2ccccc2c1. The van der Waals surface area contributed by atoms with E-state index < -0.39 is 0 Å². The van der Waals surface area contributed by atoms with Gasteiger partial charge in [-0.3, -0.25) is 4.90 Å². The maximum Gasteiger partial charge on any atom is 0.318 e. The molecule has 0 bridgehead atoms. The Balaban J connectivity index is 1.38. The fraction of sp³-hybridized carbons (Fsp3) is 0.440. The molecule has 2 atom stereocenters. The zero-order valence-electron chi connectivity index (χ0n) is 19.5. The number of hydrogen-bond donors (Lipinski definition) is 1. The van der Waals surface area contributed by atoms with Crippen LogP contribution >= 0.6 is 0 Å². The number of likely N-dealkylation sites (N-methyl/N-ethyl adjacent to an activating group) is 1. The number of hydrogen-bond acceptors (Lipinski definition) is 8. The summed E-state index contributed by atoms with van der Waals surface area (Å²) in [6, 6.07) is 13.2. The molecule has 0 aliphatic carbocycles. The van der Waals surface area contributed by atoms with Crippen LogP contribution in [0.5, 0.6) is 11.8 Å². The van der Waals surface area contributed by atoms with E-state index >= 15 is 0 Å². The zero-order chi connectivity index (χ0) is 22.9. The number of benzene rings is 2. The van der Waals surface area contributed by atoms with E-state index in [0.29, 0.717) is 25.0 Å². The number of rotatable bonds is 6. The lowest BCUT2D eigenvalue weighted by Crippen LogP contribution is -2.33. The van der Waals surface area contributed by atoms with Gasteiger partial charge in [0.25, 0.3) is 0 Å². The summed E-state index contributed by atoms with van der Waals surface area (Å²) in [5.74, 6) is 1.36. The molecular formula is C25H31N5O3. The summed E-state index contributed by atoms with van der Waals surface area (Å²) in [6.07, 6.45) is 1.96. The molecule has 0 amide bonds. The van der Waals surface area contributed by atoms with E-state index in [1.54, 1.807) is 14.2 Å². The first-order valence-corrected chi connectivity index (χ1v) is 11.4. The summed E-state index contributed by atoms with van der Waals surface area (Å²) in [6.45, 7) is 2.90. The fourth-order valence-electron chi connectivity index (χ4n) is 4.91. The van der Waals surface area contributed by atoms with Gasteiger partial charge in [-0.2, -0.15) is 9.97 Å². The number of anilines is 2. The first-order chi connectivity index (χ1) is 16.1. The molecule has 8 heteroatoms. The second kappa shape index (κ2) is 9.03. The Bertz CT molecular complexity index is 1150. The van der Waals surface area contributed by atoms with E-state index in [1.165, 1.54) is 5.39 Å². The van der Waals surface area contributed by atoms with Gasteiger partial charge in [0.1, 0.15) is 18.2 Å². The van der Waals surface area contributed by atoms with Crippen molar-refractivity contribution in [2.45, 2.75) is 31.5 Å². The van der Waals surface area contributed by atoms with Crippen molar-refractivity contribution in [3.63, 3.8) is 0 Å². The molecule has 174 valence electrons. The van der Waals surface area contributed by atoms with Crippen LogP contribution in [0.3, 0.4) is 0 Å². The number of nitrogens with zero attached hydrogens (tertiary/aromatic N) is 4. The van der Waals surface area contributed by atoms with Crippen molar-refractivity contribution in [1.82, 2.24) is 14.9 Å². The number of nitrogens with two attached hydrogens (primary N) is 1. The molecule has 3 aromatic rings. The molecule has 3 heterocycles. The Morgan fingerprint density at radius 1 is 1.15 bits per heavy atom. The summed E-state index contributed by atoms with van der Waals surface area (Å²) in [5.41, 5.74) is 9.39. The number of aromatic nitrogens is 2. The first kappa shape index (κ1) is 21.7. The minimum absolute atomic E-state index is 0.240. The van der Waals surface area contributed by atoms with E-state index in [-0.39, 0.29) is 12.1 Å². The average Bonchev–Trinajstić information content (AvgIpc) is 3.21. The van der Waals surface area contributed by atoms with Crippen LogP contribution in [0.25, 0.3) is 10.8 Å². The van der Waals surface area contributed by atoms with Gasteiger partial charge in [-0.05, 0) is 31.3 Å². The van der Waals surface area contributed by atoms with E-state index in [2.05, 4.69) is 52.2 Å². The topological polar surface area (TPSA) is 86.0 Å². The molecular weight excluding hydrogens is 418 g/mol. The Morgan fingerprint density at radius 3 is 2.79 bits per heavy atom. The van der Waals surface area contributed by atoms with Crippen molar-refractivity contribution >= 4 is 22.3 Å². The molecule has 1 saturated heterocycles. The summed E-state index contributed by atoms with van der Waals surface area (Å²) in [4.78, 5) is 13.8. The number of fused-ring (bicyclic) bond motifs is 2. The van der Waals surface area contributed by atoms with Gasteiger partial charge in [0.05, 0.1) is 25.5 Å². The molecule has 0 unspecified atom stereocenters. The quantitative estimate of drug-likeness (QED) is 0.615. The molecule has 1 fully saturated rings. The smallest absolute Gasteiger partial charge is 0.318 e. The molecule has 5 rings (SSSR count). The van der Waals surface area contributed by atoms with Crippen molar-refractivity contribution in [3.05, 3.63) is 47.7 Å². The van der Waals surface area contributed by atoms with Gasteiger partial charge in [-0.1, -0.05) is 24.3 Å². The predicted octanol–water partition coefficient (Wildman–Crippen LogP) is 2.88. The van der Waals surface area contributed by atoms with Crippen LogP contribution < -0.4 is 20.1 Å². The van der Waals surface area contributed by atoms with Crippen LogP contribution in [0.1, 0.15) is 17.7 Å². The zero-order valence-corrected chi connectivity index (χ0v) is 19.5. The molecule has 2 aliphatic heterocycles. The van der Waals surface area contributed by atoms with Gasteiger partial charge in [0.15, 0.2) is 0 Å². The van der Waals surface area contributed by atoms with Gasteiger partial charge < -0.3 is 24.8 Å². The van der Waals surface area contributed by atoms with Gasteiger partial charge in [-0.25, -0.2) is 0 Å². The normalized spacial score (nSPS) is 20.8. The summed E-state index contributed by atoms with van der Waals surface area (Å²) in [5, 5.41) is 2.34.